The summed E-state index contributed by atoms with van der Waals surface area (Å²) in [7, 11) is 3.19. The lowest BCUT2D eigenvalue weighted by Crippen LogP contribution is -2.42. The zero-order valence-electron chi connectivity index (χ0n) is 19.1. The van der Waals surface area contributed by atoms with Gasteiger partial charge in [0.2, 0.25) is 0 Å². The molecular formula is C26H27N5O3. The number of hydrogen-bond acceptors (Lipinski definition) is 5. The van der Waals surface area contributed by atoms with Gasteiger partial charge < -0.3 is 20.1 Å². The number of methoxy groups -OCH3 is 2. The number of anilines is 1. The number of carbonyl (C=O) groups excluding carboxylic acids is 1. The maximum atomic E-state index is 12.7. The third-order valence-electron chi connectivity index (χ3n) is 5.32. The smallest absolute Gasteiger partial charge is 0.319 e. The Hall–Kier alpha value is -4.33. The molecule has 34 heavy (non-hydrogen) atoms. The predicted molar refractivity (Wildman–Crippen MR) is 131 cm³/mol. The zero-order valence-corrected chi connectivity index (χ0v) is 19.1. The second-order valence-electron chi connectivity index (χ2n) is 7.75. The Kier molecular flexibility index (Phi) is 7.39. The SMILES string of the molecule is COc1ccc(-c2cn(C[C@@H](Cc3ccccc3)NC(=O)Nc3ccccc3)nn2)cc1OC. The van der Waals surface area contributed by atoms with Crippen LogP contribution >= 0.6 is 0 Å². The van der Waals surface area contributed by atoms with Crippen molar-refractivity contribution in [3.05, 3.63) is 90.6 Å². The fourth-order valence-electron chi connectivity index (χ4n) is 3.68. The molecule has 8 nitrogen and oxygen atoms in total. The van der Waals surface area contributed by atoms with Gasteiger partial charge in [-0.25, -0.2) is 9.48 Å². The maximum absolute atomic E-state index is 12.7. The maximum Gasteiger partial charge on any atom is 0.319 e. The number of nitrogens with zero attached hydrogens (tertiary/aromatic N) is 3. The molecule has 8 heteroatoms. The third-order valence-corrected chi connectivity index (χ3v) is 5.32. The molecule has 1 atom stereocenters. The van der Waals surface area contributed by atoms with Gasteiger partial charge in [-0.1, -0.05) is 53.7 Å². The quantitative estimate of drug-likeness (QED) is 0.389. The summed E-state index contributed by atoms with van der Waals surface area (Å²) in [6, 6.07) is 24.5. The first kappa shape index (κ1) is 22.8. The summed E-state index contributed by atoms with van der Waals surface area (Å²) in [4.78, 5) is 12.7. The Labute approximate surface area is 198 Å². The van der Waals surface area contributed by atoms with Gasteiger partial charge in [0.25, 0.3) is 0 Å². The number of nitrogens with one attached hydrogen (secondary N) is 2. The number of urea groups is 1. The van der Waals surface area contributed by atoms with Crippen molar-refractivity contribution in [1.82, 2.24) is 20.3 Å². The Morgan fingerprint density at radius 3 is 2.35 bits per heavy atom. The van der Waals surface area contributed by atoms with E-state index in [1.165, 1.54) is 0 Å². The van der Waals surface area contributed by atoms with E-state index in [-0.39, 0.29) is 12.1 Å². The Bertz CT molecular complexity index is 1210. The van der Waals surface area contributed by atoms with E-state index in [0.29, 0.717) is 30.2 Å². The first-order valence-corrected chi connectivity index (χ1v) is 10.9. The van der Waals surface area contributed by atoms with Crippen molar-refractivity contribution in [2.45, 2.75) is 19.0 Å². The van der Waals surface area contributed by atoms with Crippen molar-refractivity contribution >= 4 is 11.7 Å². The summed E-state index contributed by atoms with van der Waals surface area (Å²) < 4.78 is 12.4. The second-order valence-corrected chi connectivity index (χ2v) is 7.75. The minimum absolute atomic E-state index is 0.203. The van der Waals surface area contributed by atoms with Gasteiger partial charge in [-0.3, -0.25) is 0 Å². The second kappa shape index (κ2) is 11.0. The molecule has 2 amide bonds. The number of carbonyl (C=O) groups is 1. The van der Waals surface area contributed by atoms with Gasteiger partial charge in [-0.05, 0) is 42.3 Å². The molecule has 3 aromatic carbocycles. The van der Waals surface area contributed by atoms with Gasteiger partial charge in [0, 0.05) is 11.3 Å². The molecule has 0 fully saturated rings. The molecule has 4 rings (SSSR count). The highest BCUT2D eigenvalue weighted by molar-refractivity contribution is 5.89. The van der Waals surface area contributed by atoms with Gasteiger partial charge in [0.05, 0.1) is 33.0 Å². The highest BCUT2D eigenvalue weighted by Gasteiger charge is 2.16. The molecule has 0 spiro atoms. The normalized spacial score (nSPS) is 11.5. The molecule has 1 heterocycles. The van der Waals surface area contributed by atoms with Crippen LogP contribution in [0, 0.1) is 0 Å². The zero-order chi connectivity index (χ0) is 23.8. The highest BCUT2D eigenvalue weighted by Crippen LogP contribution is 2.31. The van der Waals surface area contributed by atoms with Crippen LogP contribution in [0.5, 0.6) is 11.5 Å². The minimum atomic E-state index is -0.271. The lowest BCUT2D eigenvalue weighted by molar-refractivity contribution is 0.246. The van der Waals surface area contributed by atoms with Gasteiger partial charge >= 0.3 is 6.03 Å². The number of rotatable bonds is 9. The van der Waals surface area contributed by atoms with E-state index in [0.717, 1.165) is 16.8 Å². The summed E-state index contributed by atoms with van der Waals surface area (Å²) >= 11 is 0. The number of hydrogen-bond donors (Lipinski definition) is 2. The standard InChI is InChI=1S/C26H27N5O3/c1-33-24-14-13-20(16-25(24)34-2)23-18-31(30-29-23)17-22(15-19-9-5-3-6-10-19)28-26(32)27-21-11-7-4-8-12-21/h3-14,16,18,22H,15,17H2,1-2H3,(H2,27,28,32)/t22-/m1/s1. The van der Waals surface area contributed by atoms with Crippen LogP contribution in [0.1, 0.15) is 5.56 Å². The van der Waals surface area contributed by atoms with Crippen LogP contribution < -0.4 is 20.1 Å². The largest absolute Gasteiger partial charge is 0.493 e. The molecule has 0 saturated heterocycles. The lowest BCUT2D eigenvalue weighted by atomic mass is 10.1. The molecule has 0 aliphatic carbocycles. The van der Waals surface area contributed by atoms with Crippen LogP contribution in [0.3, 0.4) is 0 Å². The van der Waals surface area contributed by atoms with Crippen molar-refractivity contribution in [3.8, 4) is 22.8 Å². The van der Waals surface area contributed by atoms with Gasteiger partial charge in [-0.15, -0.1) is 5.10 Å². The van der Waals surface area contributed by atoms with E-state index in [4.69, 9.17) is 9.47 Å². The van der Waals surface area contributed by atoms with E-state index in [1.807, 2.05) is 85.1 Å². The van der Waals surface area contributed by atoms with Crippen LogP contribution in [-0.4, -0.2) is 41.3 Å². The third kappa shape index (κ3) is 5.92. The number of ether oxygens (including phenoxy) is 2. The molecule has 0 bridgehead atoms. The number of para-hydroxylation sites is 1. The fourth-order valence-corrected chi connectivity index (χ4v) is 3.68. The number of aromatic nitrogens is 3. The molecule has 0 radical (unpaired) electrons. The van der Waals surface area contributed by atoms with Crippen LogP contribution in [0.2, 0.25) is 0 Å². The van der Waals surface area contributed by atoms with Crippen molar-refractivity contribution in [1.29, 1.82) is 0 Å². The Morgan fingerprint density at radius 1 is 0.941 bits per heavy atom. The van der Waals surface area contributed by atoms with Crippen LogP contribution in [-0.2, 0) is 13.0 Å². The molecule has 0 aliphatic heterocycles. The summed E-state index contributed by atoms with van der Waals surface area (Å²) in [6.45, 7) is 0.456. The molecule has 4 aromatic rings. The fraction of sp³-hybridized carbons (Fsp3) is 0.192. The topological polar surface area (TPSA) is 90.3 Å². The number of amides is 2. The van der Waals surface area contributed by atoms with Crippen molar-refractivity contribution in [2.24, 2.45) is 0 Å². The Balaban J connectivity index is 1.50. The van der Waals surface area contributed by atoms with E-state index >= 15 is 0 Å². The molecule has 0 saturated carbocycles. The van der Waals surface area contributed by atoms with Crippen molar-refractivity contribution < 1.29 is 14.3 Å². The van der Waals surface area contributed by atoms with Crippen molar-refractivity contribution in [3.63, 3.8) is 0 Å². The Morgan fingerprint density at radius 2 is 1.65 bits per heavy atom. The average Bonchev–Trinajstić information content (AvgIpc) is 3.33. The van der Waals surface area contributed by atoms with E-state index in [2.05, 4.69) is 20.9 Å². The monoisotopic (exact) mass is 457 g/mol. The minimum Gasteiger partial charge on any atom is -0.493 e. The summed E-state index contributed by atoms with van der Waals surface area (Å²) in [5.41, 5.74) is 3.41. The van der Waals surface area contributed by atoms with Gasteiger partial charge in [0.15, 0.2) is 11.5 Å². The van der Waals surface area contributed by atoms with Crippen molar-refractivity contribution in [2.75, 3.05) is 19.5 Å². The summed E-state index contributed by atoms with van der Waals surface area (Å²) in [5.74, 6) is 1.27. The molecule has 1 aromatic heterocycles. The lowest BCUT2D eigenvalue weighted by Gasteiger charge is -2.19. The molecule has 0 unspecified atom stereocenters. The first-order valence-electron chi connectivity index (χ1n) is 10.9. The van der Waals surface area contributed by atoms with E-state index in [9.17, 15) is 4.79 Å². The summed E-state index contributed by atoms with van der Waals surface area (Å²) in [5, 5.41) is 14.5. The summed E-state index contributed by atoms with van der Waals surface area (Å²) in [6.07, 6.45) is 2.50. The van der Waals surface area contributed by atoms with Crippen LogP contribution in [0.15, 0.2) is 85.1 Å². The molecule has 174 valence electrons. The highest BCUT2D eigenvalue weighted by atomic mass is 16.5. The van der Waals surface area contributed by atoms with Gasteiger partial charge in [0.1, 0.15) is 5.69 Å². The molecule has 0 aliphatic rings. The van der Waals surface area contributed by atoms with Gasteiger partial charge in [-0.2, -0.15) is 0 Å². The number of benzene rings is 3. The van der Waals surface area contributed by atoms with Crippen LogP contribution in [0.25, 0.3) is 11.3 Å². The molecular weight excluding hydrogens is 430 g/mol. The van der Waals surface area contributed by atoms with Crippen LogP contribution in [0.4, 0.5) is 10.5 Å². The predicted octanol–water partition coefficient (Wildman–Crippen LogP) is 4.40. The van der Waals surface area contributed by atoms with E-state index < -0.39 is 0 Å². The average molecular weight is 458 g/mol. The van der Waals surface area contributed by atoms with E-state index in [1.54, 1.807) is 18.9 Å². The first-order chi connectivity index (χ1) is 16.6. The molecule has 2 N–H and O–H groups in total.